The van der Waals surface area contributed by atoms with Gasteiger partial charge in [-0.05, 0) is 31.0 Å². The van der Waals surface area contributed by atoms with E-state index in [9.17, 15) is 18.0 Å². The molecular formula is C17H18F3N3O2. The number of nitrogens with zero attached hydrogens (tertiary/aromatic N) is 3. The molecule has 0 saturated carbocycles. The SMILES string of the molecule is CC(Cc1cccc(C(F)(F)F)c1)N1CCn2nc(C(=O)O)cc2C1. The first-order chi connectivity index (χ1) is 11.7. The van der Waals surface area contributed by atoms with Gasteiger partial charge in [0.05, 0.1) is 17.8 Å². The predicted molar refractivity (Wildman–Crippen MR) is 84.2 cm³/mol. The van der Waals surface area contributed by atoms with E-state index in [-0.39, 0.29) is 11.7 Å². The van der Waals surface area contributed by atoms with Crippen LogP contribution in [0.3, 0.4) is 0 Å². The number of carboxylic acids is 1. The van der Waals surface area contributed by atoms with Crippen molar-refractivity contribution < 1.29 is 23.1 Å². The molecule has 0 spiro atoms. The second-order valence-corrected chi connectivity index (χ2v) is 6.27. The highest BCUT2D eigenvalue weighted by Crippen LogP contribution is 2.30. The Hall–Kier alpha value is -2.35. The van der Waals surface area contributed by atoms with Gasteiger partial charge in [-0.2, -0.15) is 18.3 Å². The fourth-order valence-corrected chi connectivity index (χ4v) is 3.11. The van der Waals surface area contributed by atoms with Gasteiger partial charge in [0.25, 0.3) is 0 Å². The van der Waals surface area contributed by atoms with Crippen molar-refractivity contribution in [2.75, 3.05) is 6.54 Å². The molecule has 0 bridgehead atoms. The topological polar surface area (TPSA) is 58.4 Å². The number of alkyl halides is 3. The Bertz CT molecular complexity index is 786. The Labute approximate surface area is 142 Å². The molecule has 0 radical (unpaired) electrons. The van der Waals surface area contributed by atoms with Crippen molar-refractivity contribution in [2.24, 2.45) is 0 Å². The fraction of sp³-hybridized carbons (Fsp3) is 0.412. The van der Waals surface area contributed by atoms with E-state index >= 15 is 0 Å². The maximum absolute atomic E-state index is 12.8. The van der Waals surface area contributed by atoms with Crippen molar-refractivity contribution in [2.45, 2.75) is 38.7 Å². The molecule has 1 aromatic carbocycles. The number of halogens is 3. The Morgan fingerprint density at radius 1 is 1.32 bits per heavy atom. The lowest BCUT2D eigenvalue weighted by atomic mass is 10.0. The van der Waals surface area contributed by atoms with E-state index < -0.39 is 17.7 Å². The molecule has 1 aliphatic heterocycles. The molecule has 25 heavy (non-hydrogen) atoms. The largest absolute Gasteiger partial charge is 0.476 e. The number of hydrogen-bond donors (Lipinski definition) is 1. The molecule has 2 heterocycles. The summed E-state index contributed by atoms with van der Waals surface area (Å²) in [5.74, 6) is -1.06. The summed E-state index contributed by atoms with van der Waals surface area (Å²) >= 11 is 0. The molecule has 0 aliphatic carbocycles. The first-order valence-corrected chi connectivity index (χ1v) is 7.94. The molecule has 1 atom stereocenters. The minimum absolute atomic E-state index is 0.0161. The van der Waals surface area contributed by atoms with Crippen molar-refractivity contribution in [1.82, 2.24) is 14.7 Å². The van der Waals surface area contributed by atoms with E-state index in [4.69, 9.17) is 5.11 Å². The van der Waals surface area contributed by atoms with Gasteiger partial charge < -0.3 is 5.11 Å². The number of fused-ring (bicyclic) bond motifs is 1. The van der Waals surface area contributed by atoms with Gasteiger partial charge >= 0.3 is 12.1 Å². The van der Waals surface area contributed by atoms with E-state index in [1.165, 1.54) is 12.1 Å². The van der Waals surface area contributed by atoms with Crippen molar-refractivity contribution in [3.8, 4) is 0 Å². The first-order valence-electron chi connectivity index (χ1n) is 7.94. The second-order valence-electron chi connectivity index (χ2n) is 6.27. The summed E-state index contributed by atoms with van der Waals surface area (Å²) in [5, 5.41) is 13.0. The first kappa shape index (κ1) is 17.5. The third kappa shape index (κ3) is 3.84. The van der Waals surface area contributed by atoms with Gasteiger partial charge in [0.2, 0.25) is 0 Å². The van der Waals surface area contributed by atoms with Crippen molar-refractivity contribution in [3.05, 3.63) is 52.8 Å². The average Bonchev–Trinajstić information content (AvgIpc) is 2.97. The number of aromatic carboxylic acids is 1. The monoisotopic (exact) mass is 353 g/mol. The summed E-state index contributed by atoms with van der Waals surface area (Å²) in [7, 11) is 0. The van der Waals surface area contributed by atoms with E-state index in [0.29, 0.717) is 31.6 Å². The molecule has 3 rings (SSSR count). The van der Waals surface area contributed by atoms with Crippen LogP contribution >= 0.6 is 0 Å². The zero-order valence-electron chi connectivity index (χ0n) is 13.6. The van der Waals surface area contributed by atoms with Crippen LogP contribution in [0.5, 0.6) is 0 Å². The van der Waals surface area contributed by atoms with Crippen LogP contribution in [-0.2, 0) is 25.7 Å². The molecule has 134 valence electrons. The van der Waals surface area contributed by atoms with Crippen LogP contribution in [0, 0.1) is 0 Å². The van der Waals surface area contributed by atoms with Crippen LogP contribution in [0.1, 0.15) is 34.2 Å². The lowest BCUT2D eigenvalue weighted by molar-refractivity contribution is -0.137. The van der Waals surface area contributed by atoms with Gasteiger partial charge in [-0.3, -0.25) is 9.58 Å². The van der Waals surface area contributed by atoms with Crippen LogP contribution < -0.4 is 0 Å². The normalized spacial score (nSPS) is 16.5. The van der Waals surface area contributed by atoms with Gasteiger partial charge in [-0.25, -0.2) is 4.79 Å². The highest BCUT2D eigenvalue weighted by molar-refractivity contribution is 5.85. The van der Waals surface area contributed by atoms with Crippen molar-refractivity contribution in [1.29, 1.82) is 0 Å². The fourth-order valence-electron chi connectivity index (χ4n) is 3.11. The van der Waals surface area contributed by atoms with Crippen molar-refractivity contribution >= 4 is 5.97 Å². The zero-order valence-corrected chi connectivity index (χ0v) is 13.6. The summed E-state index contributed by atoms with van der Waals surface area (Å²) in [6.45, 7) is 3.73. The number of carboxylic acid groups (broad SMARTS) is 1. The number of benzene rings is 1. The molecular weight excluding hydrogens is 335 g/mol. The molecule has 5 nitrogen and oxygen atoms in total. The molecule has 0 fully saturated rings. The summed E-state index contributed by atoms with van der Waals surface area (Å²) in [6, 6.07) is 6.96. The molecule has 0 amide bonds. The Morgan fingerprint density at radius 2 is 2.08 bits per heavy atom. The predicted octanol–water partition coefficient (Wildman–Crippen LogP) is 3.05. The maximum atomic E-state index is 12.8. The van der Waals surface area contributed by atoms with Crippen LogP contribution in [0.15, 0.2) is 30.3 Å². The smallest absolute Gasteiger partial charge is 0.416 e. The van der Waals surface area contributed by atoms with Gasteiger partial charge in [-0.15, -0.1) is 0 Å². The molecule has 1 N–H and O–H groups in total. The lowest BCUT2D eigenvalue weighted by Gasteiger charge is -2.33. The Balaban J connectivity index is 1.70. The van der Waals surface area contributed by atoms with Gasteiger partial charge in [-0.1, -0.05) is 18.2 Å². The number of hydrogen-bond acceptors (Lipinski definition) is 3. The lowest BCUT2D eigenvalue weighted by Crippen LogP contribution is -2.40. The number of carbonyl (C=O) groups is 1. The molecule has 1 aliphatic rings. The summed E-state index contributed by atoms with van der Waals surface area (Å²) in [6.07, 6.45) is -3.85. The minimum atomic E-state index is -4.34. The number of rotatable bonds is 4. The van der Waals surface area contributed by atoms with Crippen LogP contribution in [0.25, 0.3) is 0 Å². The Morgan fingerprint density at radius 3 is 2.76 bits per heavy atom. The van der Waals surface area contributed by atoms with E-state index in [2.05, 4.69) is 10.00 Å². The average molecular weight is 353 g/mol. The molecule has 1 unspecified atom stereocenters. The zero-order chi connectivity index (χ0) is 18.2. The Kier molecular flexibility index (Phi) is 4.55. The van der Waals surface area contributed by atoms with Crippen molar-refractivity contribution in [3.63, 3.8) is 0 Å². The number of aromatic nitrogens is 2. The van der Waals surface area contributed by atoms with Gasteiger partial charge in [0.15, 0.2) is 5.69 Å². The van der Waals surface area contributed by atoms with E-state index in [0.717, 1.165) is 11.8 Å². The summed E-state index contributed by atoms with van der Waals surface area (Å²) in [4.78, 5) is 13.1. The van der Waals surface area contributed by atoms with Gasteiger partial charge in [0.1, 0.15) is 0 Å². The molecule has 0 saturated heterocycles. The van der Waals surface area contributed by atoms with E-state index in [1.54, 1.807) is 16.8 Å². The second kappa shape index (κ2) is 6.51. The highest BCUT2D eigenvalue weighted by Gasteiger charge is 2.30. The highest BCUT2D eigenvalue weighted by atomic mass is 19.4. The standard InChI is InChI=1S/C17H18F3N3O2/c1-11(7-12-3-2-4-13(8-12)17(18,19)20)22-5-6-23-14(10-22)9-15(21-23)16(24)25/h2-4,8-9,11H,5-7,10H2,1H3,(H,24,25). The van der Waals surface area contributed by atoms with Gasteiger partial charge in [0, 0.05) is 19.1 Å². The van der Waals surface area contributed by atoms with Crippen LogP contribution in [0.2, 0.25) is 0 Å². The summed E-state index contributed by atoms with van der Waals surface area (Å²) < 4.78 is 40.2. The summed E-state index contributed by atoms with van der Waals surface area (Å²) in [5.41, 5.74) is 0.814. The van der Waals surface area contributed by atoms with Crippen LogP contribution in [0.4, 0.5) is 13.2 Å². The van der Waals surface area contributed by atoms with E-state index in [1.807, 2.05) is 6.92 Å². The minimum Gasteiger partial charge on any atom is -0.476 e. The third-order valence-electron chi connectivity index (χ3n) is 4.46. The molecule has 8 heteroatoms. The molecule has 2 aromatic rings. The third-order valence-corrected chi connectivity index (χ3v) is 4.46. The van der Waals surface area contributed by atoms with Crippen LogP contribution in [-0.4, -0.2) is 38.3 Å². The quantitative estimate of drug-likeness (QED) is 0.918. The maximum Gasteiger partial charge on any atom is 0.416 e. The molecule has 1 aromatic heterocycles.